The number of hydrogen-bond acceptors (Lipinski definition) is 6. The van der Waals surface area contributed by atoms with Crippen LogP contribution in [-0.2, 0) is 4.74 Å². The summed E-state index contributed by atoms with van der Waals surface area (Å²) < 4.78 is 5.36. The maximum absolute atomic E-state index is 11.3. The summed E-state index contributed by atoms with van der Waals surface area (Å²) >= 11 is 1.12. The number of nitrogen functional groups attached to an aromatic ring is 1. The number of anilines is 2. The van der Waals surface area contributed by atoms with Gasteiger partial charge in [0.05, 0.1) is 24.0 Å². The number of nitrogens with zero attached hydrogens (tertiary/aromatic N) is 1. The van der Waals surface area contributed by atoms with Gasteiger partial charge in [-0.2, -0.15) is 5.26 Å². The van der Waals surface area contributed by atoms with E-state index in [4.69, 9.17) is 21.5 Å². The fourth-order valence-electron chi connectivity index (χ4n) is 1.36. The van der Waals surface area contributed by atoms with Crippen LogP contribution in [0.15, 0.2) is 0 Å². The van der Waals surface area contributed by atoms with Crippen molar-refractivity contribution < 1.29 is 9.53 Å². The van der Waals surface area contributed by atoms with Crippen molar-refractivity contribution in [1.82, 2.24) is 0 Å². The van der Waals surface area contributed by atoms with Crippen LogP contribution in [0.1, 0.15) is 29.1 Å². The number of nitrogens with one attached hydrogen (secondary N) is 1. The average Bonchev–Trinajstić information content (AvgIpc) is 2.61. The Hall–Kier alpha value is -1.78. The molecule has 6 nitrogen and oxygen atoms in total. The number of nitrogens with two attached hydrogens (primary N) is 2. The number of carbonyl (C=O) groups is 1. The van der Waals surface area contributed by atoms with Gasteiger partial charge in [-0.25, -0.2) is 0 Å². The lowest BCUT2D eigenvalue weighted by molar-refractivity contribution is 0.0870. The molecular formula is C11H16N4O2S. The minimum absolute atomic E-state index is 0.141. The molecule has 1 aromatic rings. The van der Waals surface area contributed by atoms with E-state index in [0.29, 0.717) is 18.2 Å². The molecule has 1 rings (SSSR count). The molecule has 0 saturated heterocycles. The van der Waals surface area contributed by atoms with Gasteiger partial charge in [0, 0.05) is 6.54 Å². The third kappa shape index (κ3) is 3.35. The number of thiophene rings is 1. The lowest BCUT2D eigenvalue weighted by Gasteiger charge is -2.09. The van der Waals surface area contributed by atoms with Crippen LogP contribution in [0.2, 0.25) is 0 Å². The third-order valence-corrected chi connectivity index (χ3v) is 3.20. The Morgan fingerprint density at radius 2 is 2.28 bits per heavy atom. The van der Waals surface area contributed by atoms with Gasteiger partial charge >= 0.3 is 0 Å². The van der Waals surface area contributed by atoms with Crippen LogP contribution in [0.4, 0.5) is 10.7 Å². The maximum Gasteiger partial charge on any atom is 0.253 e. The number of primary amides is 1. The van der Waals surface area contributed by atoms with Gasteiger partial charge in [-0.05, 0) is 13.8 Å². The monoisotopic (exact) mass is 268 g/mol. The second kappa shape index (κ2) is 6.23. The topological polar surface area (TPSA) is 114 Å². The molecular weight excluding hydrogens is 252 g/mol. The molecule has 0 radical (unpaired) electrons. The predicted octanol–water partition coefficient (Wildman–Crippen LogP) is 1.14. The van der Waals surface area contributed by atoms with Gasteiger partial charge in [-0.15, -0.1) is 11.3 Å². The first-order valence-corrected chi connectivity index (χ1v) is 6.26. The van der Waals surface area contributed by atoms with Crippen molar-refractivity contribution in [2.75, 3.05) is 24.2 Å². The van der Waals surface area contributed by atoms with E-state index >= 15 is 0 Å². The van der Waals surface area contributed by atoms with Crippen LogP contribution < -0.4 is 16.8 Å². The summed E-state index contributed by atoms with van der Waals surface area (Å²) in [6.45, 7) is 4.89. The molecule has 0 spiro atoms. The number of ether oxygens (including phenoxy) is 1. The van der Waals surface area contributed by atoms with E-state index in [0.717, 1.165) is 11.3 Å². The highest BCUT2D eigenvalue weighted by molar-refractivity contribution is 7.17. The van der Waals surface area contributed by atoms with Crippen LogP contribution in [0.3, 0.4) is 0 Å². The quantitative estimate of drug-likeness (QED) is 0.669. The number of rotatable bonds is 6. The van der Waals surface area contributed by atoms with Crippen LogP contribution in [-0.4, -0.2) is 25.2 Å². The number of carbonyl (C=O) groups excluding carboxylic acids is 1. The van der Waals surface area contributed by atoms with E-state index in [9.17, 15) is 4.79 Å². The highest BCUT2D eigenvalue weighted by Crippen LogP contribution is 2.34. The first-order chi connectivity index (χ1) is 8.47. The molecule has 0 bridgehead atoms. The van der Waals surface area contributed by atoms with Crippen molar-refractivity contribution in [3.8, 4) is 6.07 Å². The molecule has 1 amide bonds. The molecule has 98 valence electrons. The van der Waals surface area contributed by atoms with E-state index in [1.807, 2.05) is 19.9 Å². The fraction of sp³-hybridized carbons (Fsp3) is 0.455. The Balaban J connectivity index is 2.76. The number of nitriles is 1. The molecule has 1 aromatic heterocycles. The highest BCUT2D eigenvalue weighted by Gasteiger charge is 2.19. The van der Waals surface area contributed by atoms with E-state index in [-0.39, 0.29) is 22.2 Å². The fourth-order valence-corrected chi connectivity index (χ4v) is 2.30. The third-order valence-electron chi connectivity index (χ3n) is 2.13. The predicted molar refractivity (Wildman–Crippen MR) is 71.5 cm³/mol. The molecule has 0 aromatic carbocycles. The lowest BCUT2D eigenvalue weighted by atomic mass is 10.2. The molecule has 0 saturated carbocycles. The van der Waals surface area contributed by atoms with Crippen molar-refractivity contribution in [1.29, 1.82) is 5.26 Å². The minimum atomic E-state index is -0.641. The smallest absolute Gasteiger partial charge is 0.253 e. The van der Waals surface area contributed by atoms with Gasteiger partial charge in [0.2, 0.25) is 0 Å². The molecule has 5 N–H and O–H groups in total. The Morgan fingerprint density at radius 1 is 1.61 bits per heavy atom. The number of hydrogen-bond donors (Lipinski definition) is 3. The minimum Gasteiger partial charge on any atom is -0.396 e. The maximum atomic E-state index is 11.3. The van der Waals surface area contributed by atoms with Crippen molar-refractivity contribution in [3.63, 3.8) is 0 Å². The molecule has 0 aliphatic carbocycles. The summed E-state index contributed by atoms with van der Waals surface area (Å²) in [5, 5.41) is 12.4. The highest BCUT2D eigenvalue weighted by atomic mass is 32.1. The SMILES string of the molecule is CC(C)OCCNc1sc(C#N)c(N)c1C(N)=O. The van der Waals surface area contributed by atoms with Gasteiger partial charge in [0.25, 0.3) is 5.91 Å². The second-order valence-electron chi connectivity index (χ2n) is 3.87. The first-order valence-electron chi connectivity index (χ1n) is 5.45. The zero-order valence-corrected chi connectivity index (χ0v) is 11.1. The van der Waals surface area contributed by atoms with Gasteiger partial charge in [0.15, 0.2) is 0 Å². The lowest BCUT2D eigenvalue weighted by Crippen LogP contribution is -2.17. The van der Waals surface area contributed by atoms with Gasteiger partial charge in [-0.3, -0.25) is 4.79 Å². The molecule has 0 aliphatic heterocycles. The Bertz CT molecular complexity index is 476. The summed E-state index contributed by atoms with van der Waals surface area (Å²) in [7, 11) is 0. The molecule has 0 fully saturated rings. The largest absolute Gasteiger partial charge is 0.396 e. The van der Waals surface area contributed by atoms with Crippen molar-refractivity contribution in [2.45, 2.75) is 20.0 Å². The summed E-state index contributed by atoms with van der Waals surface area (Å²) in [6, 6.07) is 1.93. The van der Waals surface area contributed by atoms with Gasteiger partial charge in [-0.1, -0.05) is 0 Å². The summed E-state index contributed by atoms with van der Waals surface area (Å²) in [5.41, 5.74) is 11.2. The average molecular weight is 268 g/mol. The normalized spacial score (nSPS) is 10.3. The van der Waals surface area contributed by atoms with Crippen molar-refractivity contribution in [3.05, 3.63) is 10.4 Å². The van der Waals surface area contributed by atoms with Gasteiger partial charge in [0.1, 0.15) is 15.9 Å². The molecule has 18 heavy (non-hydrogen) atoms. The Kier molecular flexibility index (Phi) is 4.95. The van der Waals surface area contributed by atoms with Crippen LogP contribution in [0, 0.1) is 11.3 Å². The van der Waals surface area contributed by atoms with Crippen molar-refractivity contribution in [2.24, 2.45) is 5.73 Å². The number of amides is 1. The second-order valence-corrected chi connectivity index (χ2v) is 4.89. The van der Waals surface area contributed by atoms with Crippen LogP contribution in [0.5, 0.6) is 0 Å². The van der Waals surface area contributed by atoms with E-state index in [2.05, 4.69) is 5.32 Å². The molecule has 7 heteroatoms. The van der Waals surface area contributed by atoms with E-state index < -0.39 is 5.91 Å². The zero-order chi connectivity index (χ0) is 13.7. The first kappa shape index (κ1) is 14.3. The summed E-state index contributed by atoms with van der Waals surface area (Å²) in [4.78, 5) is 11.6. The Labute approximate surface area is 110 Å². The Morgan fingerprint density at radius 3 is 2.78 bits per heavy atom. The van der Waals surface area contributed by atoms with Crippen molar-refractivity contribution >= 4 is 27.9 Å². The molecule has 0 unspecified atom stereocenters. The molecule has 0 aliphatic rings. The van der Waals surface area contributed by atoms with E-state index in [1.165, 1.54) is 0 Å². The standard InChI is InChI=1S/C11H16N4O2S/c1-6(2)17-4-3-15-11-8(10(14)16)9(13)7(5-12)18-11/h6,15H,3-4,13H2,1-2H3,(H2,14,16). The van der Waals surface area contributed by atoms with Crippen LogP contribution in [0.25, 0.3) is 0 Å². The van der Waals surface area contributed by atoms with Gasteiger partial charge < -0.3 is 21.5 Å². The van der Waals surface area contributed by atoms with E-state index in [1.54, 1.807) is 0 Å². The molecule has 1 heterocycles. The zero-order valence-electron chi connectivity index (χ0n) is 10.3. The molecule has 0 atom stereocenters. The summed E-state index contributed by atoms with van der Waals surface area (Å²) in [6.07, 6.45) is 0.144. The summed E-state index contributed by atoms with van der Waals surface area (Å²) in [5.74, 6) is -0.641. The van der Waals surface area contributed by atoms with Crippen LogP contribution >= 0.6 is 11.3 Å².